The van der Waals surface area contributed by atoms with Gasteiger partial charge in [0.2, 0.25) is 0 Å². The number of Topliss-reactive ketones (excluding diaryl/α,β-unsaturated/α-hetero) is 1. The Morgan fingerprint density at radius 3 is 2.48 bits per heavy atom. The van der Waals surface area contributed by atoms with E-state index in [0.29, 0.717) is 17.7 Å². The molecule has 1 aliphatic rings. The Bertz CT molecular complexity index is 663. The number of hydrogen-bond donors (Lipinski definition) is 0. The Kier molecular flexibility index (Phi) is 3.44. The van der Waals surface area contributed by atoms with Crippen molar-refractivity contribution in [2.75, 3.05) is 0 Å². The number of hydrogen-bond acceptors (Lipinski definition) is 4. The highest BCUT2D eigenvalue weighted by Crippen LogP contribution is 2.29. The molecule has 0 saturated heterocycles. The Morgan fingerprint density at radius 1 is 1.10 bits per heavy atom. The smallest absolute Gasteiger partial charge is 0.353 e. The predicted molar refractivity (Wildman–Crippen MR) is 76.6 cm³/mol. The Labute approximate surface area is 122 Å². The van der Waals surface area contributed by atoms with Crippen LogP contribution >= 0.6 is 0 Å². The van der Waals surface area contributed by atoms with Crippen molar-refractivity contribution in [3.63, 3.8) is 0 Å². The number of fused-ring (bicyclic) bond motifs is 1. The minimum absolute atomic E-state index is 0.0255. The monoisotopic (exact) mass is 282 g/mol. The molecule has 0 aliphatic carbocycles. The van der Waals surface area contributed by atoms with Crippen molar-refractivity contribution in [1.82, 2.24) is 0 Å². The molecule has 106 valence electrons. The minimum Gasteiger partial charge on any atom is -0.478 e. The molecule has 0 amide bonds. The van der Waals surface area contributed by atoms with E-state index < -0.39 is 12.1 Å². The highest BCUT2D eigenvalue weighted by Gasteiger charge is 2.30. The van der Waals surface area contributed by atoms with Crippen LogP contribution in [0.15, 0.2) is 48.5 Å². The highest BCUT2D eigenvalue weighted by atomic mass is 16.6. The van der Waals surface area contributed by atoms with E-state index in [4.69, 9.17) is 9.47 Å². The summed E-state index contributed by atoms with van der Waals surface area (Å²) in [6, 6.07) is 14.0. The van der Waals surface area contributed by atoms with Gasteiger partial charge in [-0.15, -0.1) is 0 Å². The zero-order valence-electron chi connectivity index (χ0n) is 11.5. The molecule has 0 spiro atoms. The maximum Gasteiger partial charge on any atom is 0.353 e. The molecule has 0 N–H and O–H groups in total. The molecule has 0 saturated carbocycles. The Hall–Kier alpha value is -2.62. The molecule has 21 heavy (non-hydrogen) atoms. The molecular formula is C17H14O4. The van der Waals surface area contributed by atoms with E-state index in [9.17, 15) is 9.59 Å². The molecule has 0 radical (unpaired) electrons. The molecule has 3 rings (SSSR count). The summed E-state index contributed by atoms with van der Waals surface area (Å²) < 4.78 is 10.9. The second kappa shape index (κ2) is 5.40. The topological polar surface area (TPSA) is 52.6 Å². The molecule has 1 heterocycles. The van der Waals surface area contributed by atoms with Crippen molar-refractivity contribution < 1.29 is 19.1 Å². The largest absolute Gasteiger partial charge is 0.478 e. The van der Waals surface area contributed by atoms with Gasteiger partial charge in [0.25, 0.3) is 0 Å². The molecule has 1 aliphatic heterocycles. The first-order chi connectivity index (χ1) is 10.1. The number of carbonyl (C=O) groups excluding carboxylic acids is 2. The fourth-order valence-corrected chi connectivity index (χ4v) is 2.25. The molecule has 1 atom stereocenters. The van der Waals surface area contributed by atoms with Gasteiger partial charge in [0, 0.05) is 12.0 Å². The first-order valence-corrected chi connectivity index (χ1v) is 6.71. The van der Waals surface area contributed by atoms with E-state index in [1.807, 2.05) is 24.3 Å². The summed E-state index contributed by atoms with van der Waals surface area (Å²) in [6.45, 7) is 1.49. The number of esters is 1. The van der Waals surface area contributed by atoms with Crippen LogP contribution in [0.5, 0.6) is 11.5 Å². The van der Waals surface area contributed by atoms with Crippen molar-refractivity contribution in [2.24, 2.45) is 0 Å². The standard InChI is InChI=1S/C17H14O4/c1-11(18)12-6-8-14(9-7-12)20-17(19)16-10-13-4-2-3-5-15(13)21-16/h2-9,16H,10H2,1H3/t16-/m1/s1. The normalized spacial score (nSPS) is 16.0. The van der Waals surface area contributed by atoms with Crippen molar-refractivity contribution in [3.05, 3.63) is 59.7 Å². The summed E-state index contributed by atoms with van der Waals surface area (Å²) in [4.78, 5) is 23.3. The average Bonchev–Trinajstić information content (AvgIpc) is 2.92. The van der Waals surface area contributed by atoms with Crippen molar-refractivity contribution in [3.8, 4) is 11.5 Å². The molecule has 0 unspecified atom stereocenters. The molecule has 2 aromatic carbocycles. The van der Waals surface area contributed by atoms with Crippen LogP contribution in [-0.4, -0.2) is 17.9 Å². The third kappa shape index (κ3) is 2.79. The van der Waals surface area contributed by atoms with E-state index in [0.717, 1.165) is 11.3 Å². The fourth-order valence-electron chi connectivity index (χ4n) is 2.25. The van der Waals surface area contributed by atoms with Gasteiger partial charge in [-0.2, -0.15) is 0 Å². The number of rotatable bonds is 3. The fraction of sp³-hybridized carbons (Fsp3) is 0.176. The summed E-state index contributed by atoms with van der Waals surface area (Å²) in [5, 5.41) is 0. The Morgan fingerprint density at radius 2 is 1.81 bits per heavy atom. The molecule has 0 aromatic heterocycles. The quantitative estimate of drug-likeness (QED) is 0.493. The van der Waals surface area contributed by atoms with E-state index in [1.165, 1.54) is 6.92 Å². The number of para-hydroxylation sites is 1. The number of carbonyl (C=O) groups is 2. The SMILES string of the molecule is CC(=O)c1ccc(OC(=O)[C@H]2Cc3ccccc3O2)cc1. The lowest BCUT2D eigenvalue weighted by Crippen LogP contribution is -2.29. The summed E-state index contributed by atoms with van der Waals surface area (Å²) in [5.41, 5.74) is 1.59. The minimum atomic E-state index is -0.616. The van der Waals surface area contributed by atoms with E-state index in [1.54, 1.807) is 24.3 Å². The molecular weight excluding hydrogens is 268 g/mol. The van der Waals surface area contributed by atoms with Gasteiger partial charge in [-0.3, -0.25) is 4.79 Å². The molecule has 2 aromatic rings. The van der Waals surface area contributed by atoms with Crippen LogP contribution in [0.25, 0.3) is 0 Å². The van der Waals surface area contributed by atoms with Crippen molar-refractivity contribution in [1.29, 1.82) is 0 Å². The Balaban J connectivity index is 1.66. The van der Waals surface area contributed by atoms with Crippen LogP contribution in [0.3, 0.4) is 0 Å². The van der Waals surface area contributed by atoms with Crippen molar-refractivity contribution in [2.45, 2.75) is 19.4 Å². The lowest BCUT2D eigenvalue weighted by Gasteiger charge is -2.10. The van der Waals surface area contributed by atoms with Gasteiger partial charge < -0.3 is 9.47 Å². The number of ether oxygens (including phenoxy) is 2. The zero-order chi connectivity index (χ0) is 14.8. The lowest BCUT2D eigenvalue weighted by atomic mass is 10.1. The molecule has 4 heteroatoms. The van der Waals surface area contributed by atoms with Crippen LogP contribution in [-0.2, 0) is 11.2 Å². The summed E-state index contributed by atoms with van der Waals surface area (Å²) in [7, 11) is 0. The summed E-state index contributed by atoms with van der Waals surface area (Å²) >= 11 is 0. The second-order valence-electron chi connectivity index (χ2n) is 4.92. The van der Waals surface area contributed by atoms with Gasteiger partial charge in [-0.05, 0) is 42.8 Å². The van der Waals surface area contributed by atoms with E-state index >= 15 is 0 Å². The average molecular weight is 282 g/mol. The van der Waals surface area contributed by atoms with Crippen LogP contribution in [0.2, 0.25) is 0 Å². The maximum absolute atomic E-state index is 12.1. The van der Waals surface area contributed by atoms with Crippen molar-refractivity contribution >= 4 is 11.8 Å². The molecule has 0 fully saturated rings. The van der Waals surface area contributed by atoms with Crippen LogP contribution in [0.1, 0.15) is 22.8 Å². The van der Waals surface area contributed by atoms with Gasteiger partial charge in [0.1, 0.15) is 11.5 Å². The van der Waals surface area contributed by atoms with Gasteiger partial charge in [0.15, 0.2) is 11.9 Å². The molecule has 0 bridgehead atoms. The van der Waals surface area contributed by atoms with Crippen LogP contribution in [0, 0.1) is 0 Å². The van der Waals surface area contributed by atoms with Crippen LogP contribution in [0.4, 0.5) is 0 Å². The van der Waals surface area contributed by atoms with E-state index in [-0.39, 0.29) is 5.78 Å². The third-order valence-electron chi connectivity index (χ3n) is 3.39. The number of benzene rings is 2. The van der Waals surface area contributed by atoms with Gasteiger partial charge in [-0.25, -0.2) is 4.79 Å². The number of ketones is 1. The lowest BCUT2D eigenvalue weighted by molar-refractivity contribution is -0.141. The van der Waals surface area contributed by atoms with Gasteiger partial charge in [0.05, 0.1) is 0 Å². The summed E-state index contributed by atoms with van der Waals surface area (Å²) in [5.74, 6) is 0.681. The second-order valence-corrected chi connectivity index (χ2v) is 4.92. The highest BCUT2D eigenvalue weighted by molar-refractivity contribution is 5.94. The zero-order valence-corrected chi connectivity index (χ0v) is 11.5. The van der Waals surface area contributed by atoms with Gasteiger partial charge >= 0.3 is 5.97 Å². The molecule has 4 nitrogen and oxygen atoms in total. The third-order valence-corrected chi connectivity index (χ3v) is 3.39. The van der Waals surface area contributed by atoms with E-state index in [2.05, 4.69) is 0 Å². The maximum atomic E-state index is 12.1. The first-order valence-electron chi connectivity index (χ1n) is 6.71. The predicted octanol–water partition coefficient (Wildman–Crippen LogP) is 2.80. The first kappa shape index (κ1) is 13.4. The van der Waals surface area contributed by atoms with Gasteiger partial charge in [-0.1, -0.05) is 18.2 Å². The van der Waals surface area contributed by atoms with Crippen LogP contribution < -0.4 is 9.47 Å². The summed E-state index contributed by atoms with van der Waals surface area (Å²) in [6.07, 6.45) is -0.101.